The highest BCUT2D eigenvalue weighted by Gasteiger charge is 2.18. The molecule has 3 aromatic rings. The van der Waals surface area contributed by atoms with Crippen LogP contribution in [0.15, 0.2) is 52.4 Å². The summed E-state index contributed by atoms with van der Waals surface area (Å²) in [6.45, 7) is 0. The Hall–Kier alpha value is -3.88. The van der Waals surface area contributed by atoms with E-state index in [1.54, 1.807) is 42.5 Å². The van der Waals surface area contributed by atoms with Gasteiger partial charge in [0.25, 0.3) is 11.5 Å². The first-order valence-corrected chi connectivity index (χ1v) is 8.28. The molecule has 9 heteroatoms. The van der Waals surface area contributed by atoms with Crippen molar-refractivity contribution in [1.29, 1.82) is 0 Å². The van der Waals surface area contributed by atoms with Crippen molar-refractivity contribution in [1.82, 2.24) is 9.97 Å². The zero-order chi connectivity index (χ0) is 20.1. The molecule has 0 atom stereocenters. The topological polar surface area (TPSA) is 126 Å². The van der Waals surface area contributed by atoms with Crippen LogP contribution in [0.4, 0.5) is 5.69 Å². The van der Waals surface area contributed by atoms with Gasteiger partial charge >= 0.3 is 0 Å². The lowest BCUT2D eigenvalue weighted by Crippen LogP contribution is -2.28. The van der Waals surface area contributed by atoms with E-state index >= 15 is 0 Å². The number of anilines is 1. The summed E-state index contributed by atoms with van der Waals surface area (Å²) < 4.78 is 10.3. The summed E-state index contributed by atoms with van der Waals surface area (Å²) in [4.78, 5) is 31.7. The zero-order valence-electron chi connectivity index (χ0n) is 15.2. The monoisotopic (exact) mass is 382 g/mol. The van der Waals surface area contributed by atoms with Crippen LogP contribution in [0.2, 0.25) is 0 Å². The molecule has 0 fully saturated rings. The van der Waals surface area contributed by atoms with Gasteiger partial charge in [-0.25, -0.2) is 4.98 Å². The van der Waals surface area contributed by atoms with Gasteiger partial charge in [-0.3, -0.25) is 9.59 Å². The van der Waals surface area contributed by atoms with Crippen molar-refractivity contribution in [3.05, 3.63) is 58.5 Å². The molecule has 1 aromatic heterocycles. The second-order valence-electron chi connectivity index (χ2n) is 5.77. The molecule has 1 amide bonds. The summed E-state index contributed by atoms with van der Waals surface area (Å²) in [7, 11) is 2.96. The van der Waals surface area contributed by atoms with Gasteiger partial charge in [-0.1, -0.05) is 17.3 Å². The minimum Gasteiger partial charge on any atom is -0.497 e. The molecule has 0 aliphatic rings. The Balaban J connectivity index is 1.84. The lowest BCUT2D eigenvalue weighted by molar-refractivity contribution is -0.110. The third-order valence-electron chi connectivity index (χ3n) is 4.04. The second kappa shape index (κ2) is 8.21. The smallest absolute Gasteiger partial charge is 0.273 e. The number of amides is 1. The van der Waals surface area contributed by atoms with Crippen molar-refractivity contribution in [3.63, 3.8) is 0 Å². The normalized spacial score (nSPS) is 11.3. The number of nitrogens with one attached hydrogen (secondary N) is 2. The second-order valence-corrected chi connectivity index (χ2v) is 5.77. The highest BCUT2D eigenvalue weighted by molar-refractivity contribution is 6.43. The van der Waals surface area contributed by atoms with Crippen LogP contribution in [0.1, 0.15) is 5.69 Å². The maximum atomic E-state index is 12.5. The standard InChI is InChI=1S/C19H18N4O5/c1-27-11-7-8-14(17(9-11)28-2)22-19(25)16(23-26)10-15-18(24)21-13-6-4-3-5-12(13)20-15/h3-9,26H,10H2,1-2H3,(H,21,24)(H,22,25)/b23-16+. The predicted molar refractivity (Wildman–Crippen MR) is 103 cm³/mol. The molecule has 0 radical (unpaired) electrons. The minimum absolute atomic E-state index is 0.0587. The van der Waals surface area contributed by atoms with Gasteiger partial charge in [-0.2, -0.15) is 0 Å². The molecular formula is C19H18N4O5. The maximum Gasteiger partial charge on any atom is 0.273 e. The Bertz CT molecular complexity index is 1110. The molecule has 3 rings (SSSR count). The van der Waals surface area contributed by atoms with Crippen LogP contribution in [-0.4, -0.2) is 41.0 Å². The van der Waals surface area contributed by atoms with Crippen LogP contribution in [0.3, 0.4) is 0 Å². The fourth-order valence-electron chi connectivity index (χ4n) is 2.60. The number of aromatic nitrogens is 2. The van der Waals surface area contributed by atoms with Gasteiger partial charge in [0, 0.05) is 12.5 Å². The summed E-state index contributed by atoms with van der Waals surface area (Å²) >= 11 is 0. The first-order chi connectivity index (χ1) is 13.5. The number of carbonyl (C=O) groups excluding carboxylic acids is 1. The summed E-state index contributed by atoms with van der Waals surface area (Å²) in [5.74, 6) is 0.227. The maximum absolute atomic E-state index is 12.5. The number of hydrogen-bond acceptors (Lipinski definition) is 7. The van der Waals surface area contributed by atoms with Gasteiger partial charge in [0.1, 0.15) is 17.2 Å². The fourth-order valence-corrected chi connectivity index (χ4v) is 2.60. The van der Waals surface area contributed by atoms with Gasteiger partial charge in [0.05, 0.1) is 30.9 Å². The number of para-hydroxylation sites is 2. The van der Waals surface area contributed by atoms with Gasteiger partial charge in [0.15, 0.2) is 5.71 Å². The van der Waals surface area contributed by atoms with Crippen LogP contribution in [0.5, 0.6) is 11.5 Å². The molecule has 9 nitrogen and oxygen atoms in total. The number of fused-ring (bicyclic) bond motifs is 1. The Morgan fingerprint density at radius 1 is 1.21 bits per heavy atom. The molecular weight excluding hydrogens is 364 g/mol. The summed E-state index contributed by atoms with van der Waals surface area (Å²) in [5, 5.41) is 14.9. The molecule has 0 aliphatic heterocycles. The van der Waals surface area contributed by atoms with Gasteiger partial charge in [-0.15, -0.1) is 0 Å². The summed E-state index contributed by atoms with van der Waals surface area (Å²) in [6.07, 6.45) is -0.249. The van der Waals surface area contributed by atoms with E-state index in [0.717, 1.165) is 0 Å². The number of rotatable bonds is 6. The molecule has 3 N–H and O–H groups in total. The lowest BCUT2D eigenvalue weighted by atomic mass is 10.1. The van der Waals surface area contributed by atoms with E-state index in [0.29, 0.717) is 28.2 Å². The van der Waals surface area contributed by atoms with Crippen molar-refractivity contribution in [2.24, 2.45) is 5.16 Å². The van der Waals surface area contributed by atoms with Crippen molar-refractivity contribution in [2.45, 2.75) is 6.42 Å². The van der Waals surface area contributed by atoms with Gasteiger partial charge in [0.2, 0.25) is 0 Å². The number of hydrogen-bond donors (Lipinski definition) is 3. The molecule has 0 aliphatic carbocycles. The highest BCUT2D eigenvalue weighted by Crippen LogP contribution is 2.29. The highest BCUT2D eigenvalue weighted by atomic mass is 16.5. The van der Waals surface area contributed by atoms with Gasteiger partial charge in [-0.05, 0) is 24.3 Å². The minimum atomic E-state index is -0.694. The largest absolute Gasteiger partial charge is 0.497 e. The van der Waals surface area contributed by atoms with Crippen LogP contribution >= 0.6 is 0 Å². The van der Waals surface area contributed by atoms with E-state index in [2.05, 4.69) is 20.4 Å². The van der Waals surface area contributed by atoms with Crippen LogP contribution in [-0.2, 0) is 11.2 Å². The zero-order valence-corrected chi connectivity index (χ0v) is 15.2. The van der Waals surface area contributed by atoms with Crippen molar-refractivity contribution < 1.29 is 19.5 Å². The fraction of sp³-hybridized carbons (Fsp3) is 0.158. The number of carbonyl (C=O) groups is 1. The van der Waals surface area contributed by atoms with Crippen LogP contribution in [0.25, 0.3) is 11.0 Å². The van der Waals surface area contributed by atoms with Crippen LogP contribution in [0, 0.1) is 0 Å². The third kappa shape index (κ3) is 3.93. The van der Waals surface area contributed by atoms with E-state index in [1.807, 2.05) is 0 Å². The number of H-pyrrole nitrogens is 1. The predicted octanol–water partition coefficient (Wildman–Crippen LogP) is 1.95. The SMILES string of the molecule is COc1ccc(NC(=O)/C(Cc2nc3ccccc3[nH]c2=O)=N/O)c(OC)c1. The number of ether oxygens (including phenoxy) is 2. The van der Waals surface area contributed by atoms with E-state index in [4.69, 9.17) is 9.47 Å². The van der Waals surface area contributed by atoms with Gasteiger partial charge < -0.3 is 25.0 Å². The lowest BCUT2D eigenvalue weighted by Gasteiger charge is -2.12. The quantitative estimate of drug-likeness (QED) is 0.340. The van der Waals surface area contributed by atoms with E-state index in [1.165, 1.54) is 14.2 Å². The van der Waals surface area contributed by atoms with E-state index < -0.39 is 11.5 Å². The summed E-state index contributed by atoms with van der Waals surface area (Å²) in [5.41, 5.74) is 0.816. The molecule has 0 spiro atoms. The first kappa shape index (κ1) is 18.9. The number of methoxy groups -OCH3 is 2. The average Bonchev–Trinajstić information content (AvgIpc) is 2.72. The molecule has 144 valence electrons. The number of nitrogens with zero attached hydrogens (tertiary/aromatic N) is 2. The first-order valence-electron chi connectivity index (χ1n) is 8.28. The Morgan fingerprint density at radius 3 is 2.71 bits per heavy atom. The van der Waals surface area contributed by atoms with Crippen molar-refractivity contribution in [2.75, 3.05) is 19.5 Å². The molecule has 0 saturated heterocycles. The molecule has 0 unspecified atom stereocenters. The van der Waals surface area contributed by atoms with Crippen LogP contribution < -0.4 is 20.3 Å². The third-order valence-corrected chi connectivity index (χ3v) is 4.04. The van der Waals surface area contributed by atoms with Crippen molar-refractivity contribution in [3.8, 4) is 11.5 Å². The molecule has 0 bridgehead atoms. The molecule has 2 aromatic carbocycles. The Labute approximate surface area is 159 Å². The van der Waals surface area contributed by atoms with E-state index in [-0.39, 0.29) is 17.8 Å². The average molecular weight is 382 g/mol. The molecule has 1 heterocycles. The summed E-state index contributed by atoms with van der Waals surface area (Å²) in [6, 6.07) is 11.8. The number of benzene rings is 2. The Kier molecular flexibility index (Phi) is 5.54. The van der Waals surface area contributed by atoms with E-state index in [9.17, 15) is 14.8 Å². The van der Waals surface area contributed by atoms with Crippen molar-refractivity contribution >= 4 is 28.3 Å². The number of aromatic amines is 1. The molecule has 0 saturated carbocycles. The number of oxime groups is 1. The molecule has 28 heavy (non-hydrogen) atoms. The Morgan fingerprint density at radius 2 is 2.00 bits per heavy atom.